The maximum Gasteiger partial charge on any atom is 0.333 e. The summed E-state index contributed by atoms with van der Waals surface area (Å²) in [5.74, 6) is -0.866. The van der Waals surface area contributed by atoms with Gasteiger partial charge in [-0.05, 0) is 49.2 Å². The van der Waals surface area contributed by atoms with Gasteiger partial charge < -0.3 is 29.2 Å². The minimum Gasteiger partial charge on any atom is -0.460 e. The van der Waals surface area contributed by atoms with Crippen molar-refractivity contribution in [2.45, 2.75) is 58.5 Å². The standard InChI is InChI=1S/C29H36O8/c1-19(2)27(32)34-17-23(30)15-21-7-11-25(12-8-21)36-29(5,6)37-26-13-9-22(10-14-26)16-24(31)18-35-28(33)20(3)4/h7-14,23-24,30-31H,1,3,15-18H2,2,4-6H3. The van der Waals surface area contributed by atoms with E-state index < -0.39 is 29.9 Å². The van der Waals surface area contributed by atoms with E-state index in [1.165, 1.54) is 0 Å². The number of benzene rings is 2. The van der Waals surface area contributed by atoms with Crippen LogP contribution in [0.1, 0.15) is 38.8 Å². The lowest BCUT2D eigenvalue weighted by molar-refractivity contribution is -0.142. The molecule has 0 saturated heterocycles. The Morgan fingerprint density at radius 3 is 1.35 bits per heavy atom. The van der Waals surface area contributed by atoms with Gasteiger partial charge in [-0.3, -0.25) is 0 Å². The van der Waals surface area contributed by atoms with Gasteiger partial charge in [0.1, 0.15) is 24.7 Å². The summed E-state index contributed by atoms with van der Waals surface area (Å²) in [5, 5.41) is 20.2. The number of hydrogen-bond acceptors (Lipinski definition) is 8. The number of carbonyl (C=O) groups excluding carboxylic acids is 2. The van der Waals surface area contributed by atoms with Crippen molar-refractivity contribution in [2.24, 2.45) is 0 Å². The van der Waals surface area contributed by atoms with Crippen molar-refractivity contribution in [2.75, 3.05) is 13.2 Å². The molecule has 2 aromatic carbocycles. The second-order valence-electron chi connectivity index (χ2n) is 9.37. The number of ether oxygens (including phenoxy) is 4. The summed E-state index contributed by atoms with van der Waals surface area (Å²) in [7, 11) is 0. The van der Waals surface area contributed by atoms with E-state index >= 15 is 0 Å². The number of hydrogen-bond donors (Lipinski definition) is 2. The highest BCUT2D eigenvalue weighted by atomic mass is 16.7. The summed E-state index contributed by atoms with van der Waals surface area (Å²) in [6.45, 7) is 13.5. The molecule has 37 heavy (non-hydrogen) atoms. The van der Waals surface area contributed by atoms with Crippen LogP contribution in [0.5, 0.6) is 11.5 Å². The summed E-state index contributed by atoms with van der Waals surface area (Å²) in [6.07, 6.45) is -1.02. The fraction of sp³-hybridized carbons (Fsp3) is 0.379. The molecule has 0 bridgehead atoms. The third-order valence-corrected chi connectivity index (χ3v) is 5.03. The fourth-order valence-electron chi connectivity index (χ4n) is 3.23. The number of rotatable bonds is 14. The molecule has 0 radical (unpaired) electrons. The third-order valence-electron chi connectivity index (χ3n) is 5.03. The number of aliphatic hydroxyl groups excluding tert-OH is 2. The first-order valence-corrected chi connectivity index (χ1v) is 11.9. The van der Waals surface area contributed by atoms with Crippen molar-refractivity contribution in [3.63, 3.8) is 0 Å². The number of esters is 2. The summed E-state index contributed by atoms with van der Waals surface area (Å²) >= 11 is 0. The summed E-state index contributed by atoms with van der Waals surface area (Å²) in [4.78, 5) is 22.9. The van der Waals surface area contributed by atoms with Crippen LogP contribution in [0, 0.1) is 0 Å². The maximum absolute atomic E-state index is 11.4. The van der Waals surface area contributed by atoms with Gasteiger partial charge in [0.2, 0.25) is 5.79 Å². The minimum absolute atomic E-state index is 0.106. The first-order chi connectivity index (χ1) is 17.3. The van der Waals surface area contributed by atoms with Crippen LogP contribution in [0.3, 0.4) is 0 Å². The largest absolute Gasteiger partial charge is 0.460 e. The summed E-state index contributed by atoms with van der Waals surface area (Å²) < 4.78 is 21.9. The van der Waals surface area contributed by atoms with Crippen molar-refractivity contribution < 1.29 is 38.7 Å². The van der Waals surface area contributed by atoms with E-state index in [1.807, 2.05) is 24.3 Å². The van der Waals surface area contributed by atoms with Gasteiger partial charge in [-0.2, -0.15) is 0 Å². The molecule has 0 heterocycles. The highest BCUT2D eigenvalue weighted by Gasteiger charge is 2.22. The van der Waals surface area contributed by atoms with Crippen LogP contribution < -0.4 is 9.47 Å². The molecule has 0 aliphatic rings. The summed E-state index contributed by atoms with van der Waals surface area (Å²) in [5.41, 5.74) is 2.29. The van der Waals surface area contributed by atoms with E-state index in [0.29, 0.717) is 24.3 Å². The molecule has 2 atom stereocenters. The molecule has 0 spiro atoms. The predicted octanol–water partition coefficient (Wildman–Crippen LogP) is 3.93. The van der Waals surface area contributed by atoms with Crippen LogP contribution in [-0.2, 0) is 31.9 Å². The van der Waals surface area contributed by atoms with Crippen molar-refractivity contribution in [3.05, 3.63) is 84.0 Å². The highest BCUT2D eigenvalue weighted by molar-refractivity contribution is 5.87. The molecule has 0 fully saturated rings. The lowest BCUT2D eigenvalue weighted by Gasteiger charge is -2.27. The monoisotopic (exact) mass is 512 g/mol. The zero-order valence-corrected chi connectivity index (χ0v) is 21.9. The zero-order chi connectivity index (χ0) is 27.6. The van der Waals surface area contributed by atoms with Gasteiger partial charge in [-0.1, -0.05) is 37.4 Å². The van der Waals surface area contributed by atoms with Crippen LogP contribution in [0.15, 0.2) is 72.8 Å². The molecule has 2 unspecified atom stereocenters. The van der Waals surface area contributed by atoms with Gasteiger partial charge in [0.05, 0.1) is 12.2 Å². The second-order valence-corrected chi connectivity index (χ2v) is 9.37. The van der Waals surface area contributed by atoms with E-state index in [4.69, 9.17) is 18.9 Å². The van der Waals surface area contributed by atoms with Gasteiger partial charge >= 0.3 is 11.9 Å². The van der Waals surface area contributed by atoms with Crippen molar-refractivity contribution >= 4 is 11.9 Å². The molecule has 2 rings (SSSR count). The molecule has 2 aromatic rings. The maximum atomic E-state index is 11.4. The zero-order valence-electron chi connectivity index (χ0n) is 21.9. The van der Waals surface area contributed by atoms with E-state index in [9.17, 15) is 19.8 Å². The number of aliphatic hydroxyl groups is 2. The molecule has 2 N–H and O–H groups in total. The molecule has 200 valence electrons. The molecule has 0 amide bonds. The van der Waals surface area contributed by atoms with E-state index in [1.54, 1.807) is 52.0 Å². The Morgan fingerprint density at radius 1 is 0.730 bits per heavy atom. The Morgan fingerprint density at radius 2 is 1.05 bits per heavy atom. The van der Waals surface area contributed by atoms with Gasteiger partial charge in [0.25, 0.3) is 0 Å². The fourth-order valence-corrected chi connectivity index (χ4v) is 3.23. The Balaban J connectivity index is 1.84. The third kappa shape index (κ3) is 10.9. The van der Waals surface area contributed by atoms with Crippen LogP contribution in [0.25, 0.3) is 0 Å². The first kappa shape index (κ1) is 29.6. The molecule has 8 nitrogen and oxygen atoms in total. The highest BCUT2D eigenvalue weighted by Crippen LogP contribution is 2.24. The quantitative estimate of drug-likeness (QED) is 0.223. The van der Waals surface area contributed by atoms with Crippen molar-refractivity contribution in [3.8, 4) is 11.5 Å². The Hall–Kier alpha value is -3.62. The Kier molecular flexibility index (Phi) is 10.9. The Bertz CT molecular complexity index is 985. The van der Waals surface area contributed by atoms with Gasteiger partial charge in [0, 0.05) is 37.8 Å². The van der Waals surface area contributed by atoms with Gasteiger partial charge in [-0.25, -0.2) is 9.59 Å². The van der Waals surface area contributed by atoms with Gasteiger partial charge in [0.15, 0.2) is 0 Å². The Labute approximate surface area is 218 Å². The average Bonchev–Trinajstić information content (AvgIpc) is 2.82. The van der Waals surface area contributed by atoms with E-state index in [2.05, 4.69) is 13.2 Å². The minimum atomic E-state index is -0.977. The molecule has 0 aromatic heterocycles. The molecule has 0 saturated carbocycles. The topological polar surface area (TPSA) is 112 Å². The number of carbonyl (C=O) groups is 2. The molecular formula is C29H36O8. The van der Waals surface area contributed by atoms with E-state index in [0.717, 1.165) is 11.1 Å². The molecule has 0 aliphatic carbocycles. The molecular weight excluding hydrogens is 476 g/mol. The second kappa shape index (κ2) is 13.6. The van der Waals surface area contributed by atoms with Crippen LogP contribution >= 0.6 is 0 Å². The summed E-state index contributed by atoms with van der Waals surface area (Å²) in [6, 6.07) is 14.4. The van der Waals surface area contributed by atoms with Crippen LogP contribution in [-0.4, -0.2) is 53.4 Å². The smallest absolute Gasteiger partial charge is 0.333 e. The lowest BCUT2D eigenvalue weighted by Crippen LogP contribution is -2.35. The molecule has 8 heteroatoms. The van der Waals surface area contributed by atoms with Crippen molar-refractivity contribution in [1.29, 1.82) is 0 Å². The van der Waals surface area contributed by atoms with Crippen molar-refractivity contribution in [1.82, 2.24) is 0 Å². The van der Waals surface area contributed by atoms with Gasteiger partial charge in [-0.15, -0.1) is 0 Å². The average molecular weight is 513 g/mol. The SMILES string of the molecule is C=C(C)C(=O)OCC(O)Cc1ccc(OC(C)(C)Oc2ccc(CC(O)COC(=O)C(=C)C)cc2)cc1. The normalized spacial score (nSPS) is 12.7. The van der Waals surface area contributed by atoms with Crippen LogP contribution in [0.4, 0.5) is 0 Å². The van der Waals surface area contributed by atoms with E-state index in [-0.39, 0.29) is 24.4 Å². The molecule has 0 aliphatic heterocycles. The predicted molar refractivity (Wildman–Crippen MR) is 139 cm³/mol. The lowest BCUT2D eigenvalue weighted by atomic mass is 10.1. The first-order valence-electron chi connectivity index (χ1n) is 11.9. The van der Waals surface area contributed by atoms with Crippen LogP contribution in [0.2, 0.25) is 0 Å².